The minimum atomic E-state index is -1.63. The van der Waals surface area contributed by atoms with E-state index in [2.05, 4.69) is 13.8 Å². The highest BCUT2D eigenvalue weighted by atomic mass is 16.4. The monoisotopic (exact) mass is 215 g/mol. The molecular formula is C11H21NO3. The van der Waals surface area contributed by atoms with Crippen LogP contribution in [0.2, 0.25) is 0 Å². The van der Waals surface area contributed by atoms with Gasteiger partial charge in [-0.25, -0.2) is 4.79 Å². The van der Waals surface area contributed by atoms with Gasteiger partial charge in [-0.2, -0.15) is 0 Å². The second-order valence-corrected chi connectivity index (χ2v) is 5.22. The van der Waals surface area contributed by atoms with Crippen LogP contribution in [0.25, 0.3) is 0 Å². The molecule has 0 radical (unpaired) electrons. The zero-order valence-corrected chi connectivity index (χ0v) is 9.73. The quantitative estimate of drug-likeness (QED) is 0.731. The second kappa shape index (κ2) is 4.49. The van der Waals surface area contributed by atoms with Crippen LogP contribution in [0.4, 0.5) is 0 Å². The van der Waals surface area contributed by atoms with Gasteiger partial charge in [-0.3, -0.25) is 4.90 Å². The summed E-state index contributed by atoms with van der Waals surface area (Å²) in [6.07, 6.45) is 1.19. The number of piperidine rings is 1. The van der Waals surface area contributed by atoms with Gasteiger partial charge >= 0.3 is 5.97 Å². The molecule has 2 N–H and O–H groups in total. The maximum atomic E-state index is 10.8. The lowest BCUT2D eigenvalue weighted by Gasteiger charge is -2.37. The van der Waals surface area contributed by atoms with E-state index in [9.17, 15) is 9.90 Å². The second-order valence-electron chi connectivity index (χ2n) is 5.22. The lowest BCUT2D eigenvalue weighted by Crippen LogP contribution is -2.50. The molecule has 1 saturated heterocycles. The Labute approximate surface area is 90.9 Å². The Morgan fingerprint density at radius 2 is 1.87 bits per heavy atom. The van der Waals surface area contributed by atoms with E-state index in [4.69, 9.17) is 5.11 Å². The Morgan fingerprint density at radius 3 is 2.27 bits per heavy atom. The molecule has 15 heavy (non-hydrogen) atoms. The predicted octanol–water partition coefficient (Wildman–Crippen LogP) is 0.800. The third kappa shape index (κ3) is 3.47. The molecule has 0 aromatic rings. The van der Waals surface area contributed by atoms with Crippen molar-refractivity contribution in [2.45, 2.75) is 32.8 Å². The van der Waals surface area contributed by atoms with Crippen LogP contribution < -0.4 is 0 Å². The van der Waals surface area contributed by atoms with Gasteiger partial charge in [0.05, 0.1) is 0 Å². The highest BCUT2D eigenvalue weighted by Crippen LogP contribution is 2.22. The molecule has 1 rings (SSSR count). The molecule has 4 nitrogen and oxygen atoms in total. The smallest absolute Gasteiger partial charge is 0.336 e. The van der Waals surface area contributed by atoms with E-state index in [-0.39, 0.29) is 6.54 Å². The summed E-state index contributed by atoms with van der Waals surface area (Å²) < 4.78 is 0. The van der Waals surface area contributed by atoms with Gasteiger partial charge < -0.3 is 10.2 Å². The fourth-order valence-electron chi connectivity index (χ4n) is 2.42. The molecule has 1 aliphatic heterocycles. The first-order chi connectivity index (χ1) is 6.81. The normalized spacial score (nSPS) is 32.3. The molecule has 1 heterocycles. The van der Waals surface area contributed by atoms with Crippen LogP contribution in [0.3, 0.4) is 0 Å². The zero-order valence-electron chi connectivity index (χ0n) is 9.73. The van der Waals surface area contributed by atoms with E-state index in [0.717, 1.165) is 13.1 Å². The predicted molar refractivity (Wildman–Crippen MR) is 57.6 cm³/mol. The molecule has 4 heteroatoms. The van der Waals surface area contributed by atoms with Gasteiger partial charge in [0, 0.05) is 19.6 Å². The summed E-state index contributed by atoms with van der Waals surface area (Å²) >= 11 is 0. The van der Waals surface area contributed by atoms with Crippen molar-refractivity contribution >= 4 is 5.97 Å². The van der Waals surface area contributed by atoms with E-state index in [1.54, 1.807) is 0 Å². The van der Waals surface area contributed by atoms with Gasteiger partial charge in [-0.05, 0) is 25.2 Å². The van der Waals surface area contributed by atoms with Gasteiger partial charge in [0.25, 0.3) is 0 Å². The van der Waals surface area contributed by atoms with E-state index in [1.165, 1.54) is 13.3 Å². The number of aliphatic hydroxyl groups is 1. The summed E-state index contributed by atoms with van der Waals surface area (Å²) in [6, 6.07) is 0. The van der Waals surface area contributed by atoms with E-state index < -0.39 is 11.6 Å². The van der Waals surface area contributed by atoms with Gasteiger partial charge in [0.15, 0.2) is 5.60 Å². The van der Waals surface area contributed by atoms with Crippen molar-refractivity contribution < 1.29 is 15.0 Å². The molecule has 3 atom stereocenters. The molecule has 0 aliphatic carbocycles. The lowest BCUT2D eigenvalue weighted by atomic mass is 9.91. The number of carboxylic acids is 1. The molecule has 88 valence electrons. The number of hydrogen-bond donors (Lipinski definition) is 2. The van der Waals surface area contributed by atoms with Crippen molar-refractivity contribution in [2.75, 3.05) is 19.6 Å². The molecule has 0 saturated carbocycles. The van der Waals surface area contributed by atoms with E-state index >= 15 is 0 Å². The average Bonchev–Trinajstić information content (AvgIpc) is 1.99. The maximum absolute atomic E-state index is 10.8. The van der Waals surface area contributed by atoms with Crippen LogP contribution in [0.1, 0.15) is 27.2 Å². The van der Waals surface area contributed by atoms with Crippen LogP contribution in [0, 0.1) is 11.8 Å². The van der Waals surface area contributed by atoms with Gasteiger partial charge in [-0.1, -0.05) is 13.8 Å². The van der Waals surface area contributed by atoms with Crippen LogP contribution in [0.15, 0.2) is 0 Å². The van der Waals surface area contributed by atoms with Crippen molar-refractivity contribution in [1.29, 1.82) is 0 Å². The highest BCUT2D eigenvalue weighted by Gasteiger charge is 2.34. The summed E-state index contributed by atoms with van der Waals surface area (Å²) in [5.41, 5.74) is -1.63. The van der Waals surface area contributed by atoms with Crippen molar-refractivity contribution in [3.8, 4) is 0 Å². The molecule has 0 bridgehead atoms. The largest absolute Gasteiger partial charge is 0.479 e. The molecule has 0 aromatic heterocycles. The van der Waals surface area contributed by atoms with Crippen molar-refractivity contribution in [3.05, 3.63) is 0 Å². The molecular weight excluding hydrogens is 194 g/mol. The van der Waals surface area contributed by atoms with Crippen LogP contribution in [-0.4, -0.2) is 46.3 Å². The Hall–Kier alpha value is -0.610. The Bertz CT molecular complexity index is 230. The van der Waals surface area contributed by atoms with Gasteiger partial charge in [0.1, 0.15) is 0 Å². The number of hydrogen-bond acceptors (Lipinski definition) is 3. The van der Waals surface area contributed by atoms with E-state index in [1.807, 2.05) is 4.90 Å². The maximum Gasteiger partial charge on any atom is 0.336 e. The Balaban J connectivity index is 2.54. The number of carboxylic acid groups (broad SMARTS) is 1. The van der Waals surface area contributed by atoms with Gasteiger partial charge in [0.2, 0.25) is 0 Å². The Morgan fingerprint density at radius 1 is 1.40 bits per heavy atom. The number of aliphatic carboxylic acids is 1. The topological polar surface area (TPSA) is 60.8 Å². The summed E-state index contributed by atoms with van der Waals surface area (Å²) in [7, 11) is 0. The van der Waals surface area contributed by atoms with Crippen LogP contribution in [0.5, 0.6) is 0 Å². The Kier molecular flexibility index (Phi) is 3.73. The summed E-state index contributed by atoms with van der Waals surface area (Å²) in [6.45, 7) is 7.67. The molecule has 1 aliphatic rings. The minimum Gasteiger partial charge on any atom is -0.479 e. The van der Waals surface area contributed by atoms with Crippen molar-refractivity contribution in [2.24, 2.45) is 11.8 Å². The summed E-state index contributed by atoms with van der Waals surface area (Å²) in [4.78, 5) is 12.8. The fourth-order valence-corrected chi connectivity index (χ4v) is 2.42. The third-order valence-electron chi connectivity index (χ3n) is 2.94. The molecule has 3 unspecified atom stereocenters. The first kappa shape index (κ1) is 12.5. The molecule has 0 spiro atoms. The van der Waals surface area contributed by atoms with Gasteiger partial charge in [-0.15, -0.1) is 0 Å². The van der Waals surface area contributed by atoms with Crippen LogP contribution in [-0.2, 0) is 4.79 Å². The number of carbonyl (C=O) groups is 1. The van der Waals surface area contributed by atoms with E-state index in [0.29, 0.717) is 11.8 Å². The minimum absolute atomic E-state index is 0.219. The van der Waals surface area contributed by atoms with Crippen molar-refractivity contribution in [3.63, 3.8) is 0 Å². The fraction of sp³-hybridized carbons (Fsp3) is 0.909. The zero-order chi connectivity index (χ0) is 11.6. The SMILES string of the molecule is CC1CC(C)CN(CC(C)(O)C(=O)O)C1. The summed E-state index contributed by atoms with van der Waals surface area (Å²) in [5, 5.41) is 18.5. The number of rotatable bonds is 3. The molecule has 0 amide bonds. The third-order valence-corrected chi connectivity index (χ3v) is 2.94. The highest BCUT2D eigenvalue weighted by molar-refractivity contribution is 5.76. The number of likely N-dealkylation sites (tertiary alicyclic amines) is 1. The average molecular weight is 215 g/mol. The lowest BCUT2D eigenvalue weighted by molar-refractivity contribution is -0.159. The molecule has 1 fully saturated rings. The molecule has 0 aromatic carbocycles. The number of nitrogens with zero attached hydrogens (tertiary/aromatic N) is 1. The van der Waals surface area contributed by atoms with Crippen LogP contribution >= 0.6 is 0 Å². The van der Waals surface area contributed by atoms with Crippen molar-refractivity contribution in [1.82, 2.24) is 4.90 Å². The standard InChI is InChI=1S/C11H21NO3/c1-8-4-9(2)6-12(5-8)7-11(3,15)10(13)14/h8-9,15H,4-7H2,1-3H3,(H,13,14). The first-order valence-electron chi connectivity index (χ1n) is 5.49. The number of β-amino-alcohol motifs (C(OH)–C–C–N with tert-alkyl or cyclic N) is 1. The first-order valence-corrected chi connectivity index (χ1v) is 5.49. The summed E-state index contributed by atoms with van der Waals surface area (Å²) in [5.74, 6) is 0.0186.